The summed E-state index contributed by atoms with van der Waals surface area (Å²) in [6.07, 6.45) is 8.17. The van der Waals surface area contributed by atoms with Crippen molar-refractivity contribution in [2.75, 3.05) is 0 Å². The molecule has 1 saturated carbocycles. The van der Waals surface area contributed by atoms with E-state index in [1.165, 1.54) is 0 Å². The molecule has 2 amide bonds. The summed E-state index contributed by atoms with van der Waals surface area (Å²) < 4.78 is 0. The molecule has 1 fully saturated rings. The van der Waals surface area contributed by atoms with Gasteiger partial charge >= 0.3 is 0 Å². The first-order chi connectivity index (χ1) is 12.7. The Morgan fingerprint density at radius 3 is 2.04 bits per heavy atom. The lowest BCUT2D eigenvalue weighted by atomic mass is 9.81. The molecule has 1 aliphatic carbocycles. The third-order valence-electron chi connectivity index (χ3n) is 4.85. The van der Waals surface area contributed by atoms with E-state index in [2.05, 4.69) is 20.6 Å². The van der Waals surface area contributed by atoms with Crippen molar-refractivity contribution in [1.82, 2.24) is 20.6 Å². The van der Waals surface area contributed by atoms with Crippen LogP contribution < -0.4 is 10.6 Å². The third kappa shape index (κ3) is 5.12. The average Bonchev–Trinajstić information content (AvgIpc) is 2.72. The lowest BCUT2D eigenvalue weighted by Crippen LogP contribution is -2.37. The molecule has 0 unspecified atom stereocenters. The van der Waals surface area contributed by atoms with Crippen molar-refractivity contribution in [3.05, 3.63) is 60.2 Å². The maximum Gasteiger partial charge on any atom is 0.223 e. The zero-order valence-corrected chi connectivity index (χ0v) is 14.7. The van der Waals surface area contributed by atoms with Gasteiger partial charge in [-0.25, -0.2) is 0 Å². The predicted molar refractivity (Wildman–Crippen MR) is 97.6 cm³/mol. The van der Waals surface area contributed by atoms with Gasteiger partial charge in [0.15, 0.2) is 0 Å². The Morgan fingerprint density at radius 2 is 1.46 bits per heavy atom. The predicted octanol–water partition coefficient (Wildman–Crippen LogP) is 2.22. The molecule has 2 N–H and O–H groups in total. The average molecular weight is 352 g/mol. The SMILES string of the molecule is O=C(NCc1ccncc1)C1CCC(C(=O)NCc2ccccn2)CC1. The number of amides is 2. The Kier molecular flexibility index (Phi) is 6.30. The highest BCUT2D eigenvalue weighted by Gasteiger charge is 2.29. The van der Waals surface area contributed by atoms with Gasteiger partial charge in [0.1, 0.15) is 0 Å². The number of nitrogens with zero attached hydrogens (tertiary/aromatic N) is 2. The van der Waals surface area contributed by atoms with Crippen LogP contribution in [0.1, 0.15) is 36.9 Å². The molecule has 26 heavy (non-hydrogen) atoms. The van der Waals surface area contributed by atoms with Crippen LogP contribution in [-0.2, 0) is 22.7 Å². The van der Waals surface area contributed by atoms with Crippen LogP contribution in [0.2, 0.25) is 0 Å². The molecule has 136 valence electrons. The van der Waals surface area contributed by atoms with E-state index in [9.17, 15) is 9.59 Å². The zero-order chi connectivity index (χ0) is 18.2. The Balaban J connectivity index is 1.39. The van der Waals surface area contributed by atoms with Gasteiger partial charge in [-0.15, -0.1) is 0 Å². The second kappa shape index (κ2) is 9.08. The van der Waals surface area contributed by atoms with Crippen LogP contribution in [0, 0.1) is 11.8 Å². The van der Waals surface area contributed by atoms with Crippen molar-refractivity contribution >= 4 is 11.8 Å². The lowest BCUT2D eigenvalue weighted by Gasteiger charge is -2.27. The number of rotatable bonds is 6. The summed E-state index contributed by atoms with van der Waals surface area (Å²) in [5, 5.41) is 5.94. The number of carbonyl (C=O) groups is 2. The van der Waals surface area contributed by atoms with Gasteiger partial charge in [0.25, 0.3) is 0 Å². The van der Waals surface area contributed by atoms with Gasteiger partial charge < -0.3 is 10.6 Å². The molecule has 0 aliphatic heterocycles. The summed E-state index contributed by atoms with van der Waals surface area (Å²) in [6, 6.07) is 9.44. The fourth-order valence-electron chi connectivity index (χ4n) is 3.28. The topological polar surface area (TPSA) is 84.0 Å². The first kappa shape index (κ1) is 18.0. The molecule has 2 aromatic heterocycles. The minimum Gasteiger partial charge on any atom is -0.352 e. The van der Waals surface area contributed by atoms with Crippen molar-refractivity contribution in [1.29, 1.82) is 0 Å². The quantitative estimate of drug-likeness (QED) is 0.835. The zero-order valence-electron chi connectivity index (χ0n) is 14.7. The second-order valence-electron chi connectivity index (χ2n) is 6.66. The van der Waals surface area contributed by atoms with E-state index in [0.717, 1.165) is 36.9 Å². The van der Waals surface area contributed by atoms with Crippen LogP contribution in [0.3, 0.4) is 0 Å². The number of hydrogen-bond donors (Lipinski definition) is 2. The third-order valence-corrected chi connectivity index (χ3v) is 4.85. The van der Waals surface area contributed by atoms with Crippen LogP contribution in [0.4, 0.5) is 0 Å². The first-order valence-corrected chi connectivity index (χ1v) is 9.06. The number of nitrogens with one attached hydrogen (secondary N) is 2. The molecule has 3 rings (SSSR count). The summed E-state index contributed by atoms with van der Waals surface area (Å²) in [5.74, 6) is 0.125. The highest BCUT2D eigenvalue weighted by Crippen LogP contribution is 2.29. The molecular formula is C20H24N4O2. The highest BCUT2D eigenvalue weighted by molar-refractivity contribution is 5.81. The summed E-state index contributed by atoms with van der Waals surface area (Å²) in [7, 11) is 0. The molecule has 0 spiro atoms. The number of hydrogen-bond acceptors (Lipinski definition) is 4. The summed E-state index contributed by atoms with van der Waals surface area (Å²) >= 11 is 0. The number of aromatic nitrogens is 2. The molecule has 0 aromatic carbocycles. The smallest absolute Gasteiger partial charge is 0.223 e. The molecule has 2 aromatic rings. The number of pyridine rings is 2. The fourth-order valence-corrected chi connectivity index (χ4v) is 3.28. The van der Waals surface area contributed by atoms with Crippen LogP contribution in [-0.4, -0.2) is 21.8 Å². The van der Waals surface area contributed by atoms with Crippen LogP contribution in [0.15, 0.2) is 48.9 Å². The van der Waals surface area contributed by atoms with E-state index >= 15 is 0 Å². The van der Waals surface area contributed by atoms with E-state index in [-0.39, 0.29) is 23.7 Å². The maximum atomic E-state index is 12.3. The highest BCUT2D eigenvalue weighted by atomic mass is 16.2. The van der Waals surface area contributed by atoms with E-state index in [1.807, 2.05) is 30.3 Å². The van der Waals surface area contributed by atoms with E-state index in [1.54, 1.807) is 18.6 Å². The molecule has 1 aliphatic rings. The van der Waals surface area contributed by atoms with Crippen molar-refractivity contribution in [3.8, 4) is 0 Å². The Hall–Kier alpha value is -2.76. The molecular weight excluding hydrogens is 328 g/mol. The Labute approximate surface area is 153 Å². The van der Waals surface area contributed by atoms with Crippen molar-refractivity contribution in [2.24, 2.45) is 11.8 Å². The molecule has 0 saturated heterocycles. The minimum absolute atomic E-state index is 0.00308. The van der Waals surface area contributed by atoms with E-state index in [0.29, 0.717) is 13.1 Å². The van der Waals surface area contributed by atoms with Gasteiger partial charge in [0.05, 0.1) is 12.2 Å². The lowest BCUT2D eigenvalue weighted by molar-refractivity contribution is -0.130. The summed E-state index contributed by atoms with van der Waals surface area (Å²) in [6.45, 7) is 0.970. The van der Waals surface area contributed by atoms with Gasteiger partial charge in [0.2, 0.25) is 11.8 Å². The van der Waals surface area contributed by atoms with Gasteiger partial charge in [-0.2, -0.15) is 0 Å². The van der Waals surface area contributed by atoms with Crippen molar-refractivity contribution < 1.29 is 9.59 Å². The molecule has 6 nitrogen and oxygen atoms in total. The van der Waals surface area contributed by atoms with Crippen molar-refractivity contribution in [3.63, 3.8) is 0 Å². The Bertz CT molecular complexity index is 650. The van der Waals surface area contributed by atoms with Gasteiger partial charge in [-0.1, -0.05) is 6.07 Å². The van der Waals surface area contributed by atoms with Gasteiger partial charge in [0, 0.05) is 37.0 Å². The molecule has 2 heterocycles. The minimum atomic E-state index is -0.0111. The normalized spacial score (nSPS) is 19.5. The first-order valence-electron chi connectivity index (χ1n) is 9.06. The fraction of sp³-hybridized carbons (Fsp3) is 0.400. The van der Waals surface area contributed by atoms with E-state index in [4.69, 9.17) is 0 Å². The molecule has 0 radical (unpaired) electrons. The standard InChI is InChI=1S/C20H24N4O2/c25-19(23-13-15-8-11-21-12-9-15)16-4-6-17(7-5-16)20(26)24-14-18-3-1-2-10-22-18/h1-3,8-12,16-17H,4-7,13-14H2,(H,23,25)(H,24,26). The van der Waals surface area contributed by atoms with E-state index < -0.39 is 0 Å². The summed E-state index contributed by atoms with van der Waals surface area (Å²) in [4.78, 5) is 32.8. The van der Waals surface area contributed by atoms with Crippen LogP contribution in [0.25, 0.3) is 0 Å². The second-order valence-corrected chi connectivity index (χ2v) is 6.66. The van der Waals surface area contributed by atoms with Gasteiger partial charge in [-0.3, -0.25) is 19.6 Å². The monoisotopic (exact) mass is 352 g/mol. The van der Waals surface area contributed by atoms with Crippen molar-refractivity contribution in [2.45, 2.75) is 38.8 Å². The van der Waals surface area contributed by atoms with Crippen LogP contribution in [0.5, 0.6) is 0 Å². The largest absolute Gasteiger partial charge is 0.352 e. The summed E-state index contributed by atoms with van der Waals surface area (Å²) in [5.41, 5.74) is 1.89. The molecule has 6 heteroatoms. The Morgan fingerprint density at radius 1 is 0.846 bits per heavy atom. The molecule has 0 atom stereocenters. The van der Waals surface area contributed by atoms with Crippen LogP contribution >= 0.6 is 0 Å². The van der Waals surface area contributed by atoms with Gasteiger partial charge in [-0.05, 0) is 55.5 Å². The molecule has 0 bridgehead atoms. The number of carbonyl (C=O) groups excluding carboxylic acids is 2. The maximum absolute atomic E-state index is 12.3.